The number of carbonyl (C=O) groups is 2. The standard InChI is InChI=1S/C29H47N3O.C2HF3O2/c1-2-3-4-5-6-7-8-9-10-15-22-32-23-27-25-17-12-11-16-24(25)19-20-26(27)29(33)28(31)18-13-14-21-30;3-2(4,5)1(6)7/h11-12,16-17,19-20,28,32H,2-10,13-15,18,21-23,30-31H2,1H3;(H,6,7)/t28-;/m0./s1. The van der Waals surface area contributed by atoms with Crippen LogP contribution in [-0.4, -0.2) is 42.2 Å². The minimum Gasteiger partial charge on any atom is -0.475 e. The molecule has 0 aliphatic heterocycles. The number of ketones is 1. The first-order chi connectivity index (χ1) is 19.1. The van der Waals surface area contributed by atoms with Gasteiger partial charge >= 0.3 is 12.1 Å². The molecule has 0 heterocycles. The molecule has 0 aliphatic carbocycles. The van der Waals surface area contributed by atoms with E-state index in [0.717, 1.165) is 35.9 Å². The fourth-order valence-corrected chi connectivity index (χ4v) is 4.55. The third-order valence-electron chi connectivity index (χ3n) is 6.86. The predicted molar refractivity (Wildman–Crippen MR) is 156 cm³/mol. The molecule has 40 heavy (non-hydrogen) atoms. The molecule has 1 atom stereocenters. The summed E-state index contributed by atoms with van der Waals surface area (Å²) in [7, 11) is 0. The highest BCUT2D eigenvalue weighted by Crippen LogP contribution is 2.24. The van der Waals surface area contributed by atoms with Gasteiger partial charge in [-0.2, -0.15) is 13.2 Å². The van der Waals surface area contributed by atoms with E-state index < -0.39 is 18.2 Å². The Kier molecular flexibility index (Phi) is 18.1. The van der Waals surface area contributed by atoms with Crippen molar-refractivity contribution >= 4 is 22.5 Å². The number of hydrogen-bond acceptors (Lipinski definition) is 5. The first-order valence-electron chi connectivity index (χ1n) is 14.6. The minimum atomic E-state index is -5.08. The molecule has 0 aromatic heterocycles. The van der Waals surface area contributed by atoms with E-state index >= 15 is 0 Å². The number of carboxylic acid groups (broad SMARTS) is 1. The molecule has 0 saturated carbocycles. The summed E-state index contributed by atoms with van der Waals surface area (Å²) in [5, 5.41) is 13.0. The zero-order valence-electron chi connectivity index (χ0n) is 23.9. The summed E-state index contributed by atoms with van der Waals surface area (Å²) in [5.74, 6) is -2.71. The van der Waals surface area contributed by atoms with Crippen LogP contribution in [0.25, 0.3) is 10.8 Å². The number of carbonyl (C=O) groups excluding carboxylic acids is 1. The van der Waals surface area contributed by atoms with Crippen molar-refractivity contribution in [2.75, 3.05) is 13.1 Å². The summed E-state index contributed by atoms with van der Waals surface area (Å²) in [6, 6.07) is 11.9. The van der Waals surface area contributed by atoms with E-state index in [4.69, 9.17) is 21.4 Å². The van der Waals surface area contributed by atoms with E-state index in [-0.39, 0.29) is 5.78 Å². The molecule has 2 rings (SSSR count). The molecule has 0 fully saturated rings. The van der Waals surface area contributed by atoms with E-state index in [2.05, 4.69) is 24.4 Å². The fourth-order valence-electron chi connectivity index (χ4n) is 4.55. The number of aliphatic carboxylic acids is 1. The molecule has 0 bridgehead atoms. The lowest BCUT2D eigenvalue weighted by Gasteiger charge is -2.17. The van der Waals surface area contributed by atoms with E-state index in [9.17, 15) is 18.0 Å². The Hall–Kier alpha value is -2.49. The summed E-state index contributed by atoms with van der Waals surface area (Å²) in [6.07, 6.45) is 10.8. The van der Waals surface area contributed by atoms with Gasteiger partial charge in [-0.15, -0.1) is 0 Å². The summed E-state index contributed by atoms with van der Waals surface area (Å²) in [4.78, 5) is 22.0. The molecule has 0 aliphatic rings. The van der Waals surface area contributed by atoms with Crippen molar-refractivity contribution in [1.82, 2.24) is 5.32 Å². The number of benzene rings is 2. The van der Waals surface area contributed by atoms with Crippen molar-refractivity contribution in [1.29, 1.82) is 0 Å². The lowest BCUT2D eigenvalue weighted by atomic mass is 9.92. The molecular formula is C31H48F3N3O3. The maximum Gasteiger partial charge on any atom is 0.490 e. The van der Waals surface area contributed by atoms with Crippen molar-refractivity contribution in [3.8, 4) is 0 Å². The number of carboxylic acids is 1. The molecule has 2 aromatic rings. The first-order valence-corrected chi connectivity index (χ1v) is 14.6. The Balaban J connectivity index is 0.00000101. The van der Waals surface area contributed by atoms with Crippen LogP contribution in [0.3, 0.4) is 0 Å². The van der Waals surface area contributed by atoms with Gasteiger partial charge in [0.25, 0.3) is 0 Å². The van der Waals surface area contributed by atoms with Crippen molar-refractivity contribution < 1.29 is 27.9 Å². The summed E-state index contributed by atoms with van der Waals surface area (Å²) in [6.45, 7) is 4.60. The van der Waals surface area contributed by atoms with Crippen LogP contribution in [0.2, 0.25) is 0 Å². The monoisotopic (exact) mass is 567 g/mol. The second kappa shape index (κ2) is 20.4. The van der Waals surface area contributed by atoms with Crippen LogP contribution in [0.4, 0.5) is 13.2 Å². The van der Waals surface area contributed by atoms with Crippen molar-refractivity contribution in [2.24, 2.45) is 11.5 Å². The summed E-state index contributed by atoms with van der Waals surface area (Å²) in [5.41, 5.74) is 13.7. The number of fused-ring (bicyclic) bond motifs is 1. The zero-order chi connectivity index (χ0) is 29.8. The molecule has 226 valence electrons. The number of hydrogen-bond donors (Lipinski definition) is 4. The van der Waals surface area contributed by atoms with Crippen molar-refractivity contribution in [2.45, 2.75) is 109 Å². The van der Waals surface area contributed by atoms with Gasteiger partial charge in [-0.05, 0) is 48.7 Å². The van der Waals surface area contributed by atoms with Gasteiger partial charge in [0, 0.05) is 12.1 Å². The summed E-state index contributed by atoms with van der Waals surface area (Å²) >= 11 is 0. The number of nitrogens with one attached hydrogen (secondary N) is 1. The molecule has 6 nitrogen and oxygen atoms in total. The van der Waals surface area contributed by atoms with E-state index in [1.165, 1.54) is 69.6 Å². The normalized spacial score (nSPS) is 12.2. The number of unbranched alkanes of at least 4 members (excludes halogenated alkanes) is 10. The number of Topliss-reactive ketones (excluding diaryl/α,β-unsaturated/α-hetero) is 1. The average Bonchev–Trinajstić information content (AvgIpc) is 2.93. The molecule has 0 saturated heterocycles. The average molecular weight is 568 g/mol. The fraction of sp³-hybridized carbons (Fsp3) is 0.613. The van der Waals surface area contributed by atoms with Gasteiger partial charge in [0.1, 0.15) is 0 Å². The van der Waals surface area contributed by atoms with E-state index in [1.807, 2.05) is 24.3 Å². The number of alkyl halides is 3. The molecule has 0 radical (unpaired) electrons. The Morgan fingerprint density at radius 3 is 2.02 bits per heavy atom. The lowest BCUT2D eigenvalue weighted by Crippen LogP contribution is -2.32. The molecule has 9 heteroatoms. The lowest BCUT2D eigenvalue weighted by molar-refractivity contribution is -0.192. The van der Waals surface area contributed by atoms with Gasteiger partial charge in [-0.1, -0.05) is 108 Å². The van der Waals surface area contributed by atoms with Crippen molar-refractivity contribution in [3.05, 3.63) is 47.5 Å². The summed E-state index contributed by atoms with van der Waals surface area (Å²) < 4.78 is 31.7. The Bertz CT molecular complexity index is 999. The predicted octanol–water partition coefficient (Wildman–Crippen LogP) is 7.12. The highest BCUT2D eigenvalue weighted by Gasteiger charge is 2.38. The number of nitrogens with two attached hydrogens (primary N) is 2. The SMILES string of the molecule is CCCCCCCCCCCCNCc1c(C(=O)[C@@H](N)CCCCN)ccc2ccccc12.O=C(O)C(F)(F)F. The highest BCUT2D eigenvalue weighted by atomic mass is 19.4. The van der Waals surface area contributed by atoms with Gasteiger partial charge in [0.2, 0.25) is 0 Å². The largest absolute Gasteiger partial charge is 0.490 e. The maximum absolute atomic E-state index is 13.1. The maximum atomic E-state index is 13.1. The van der Waals surface area contributed by atoms with Gasteiger partial charge in [-0.25, -0.2) is 4.79 Å². The van der Waals surface area contributed by atoms with E-state index in [1.54, 1.807) is 0 Å². The number of halogens is 3. The first kappa shape index (κ1) is 35.5. The minimum absolute atomic E-state index is 0.0495. The Morgan fingerprint density at radius 1 is 0.875 bits per heavy atom. The van der Waals surface area contributed by atoms with Crippen molar-refractivity contribution in [3.63, 3.8) is 0 Å². The Labute approximate surface area is 237 Å². The Morgan fingerprint density at radius 2 is 1.45 bits per heavy atom. The number of rotatable bonds is 19. The molecular weight excluding hydrogens is 519 g/mol. The molecule has 6 N–H and O–H groups in total. The van der Waals surface area contributed by atoms with Crippen LogP contribution in [-0.2, 0) is 11.3 Å². The smallest absolute Gasteiger partial charge is 0.475 e. The third-order valence-corrected chi connectivity index (χ3v) is 6.86. The highest BCUT2D eigenvalue weighted by molar-refractivity contribution is 6.05. The van der Waals surface area contributed by atoms with E-state index in [0.29, 0.717) is 19.5 Å². The van der Waals surface area contributed by atoms with Crippen LogP contribution in [0.5, 0.6) is 0 Å². The molecule has 0 unspecified atom stereocenters. The van der Waals surface area contributed by atoms with Crippen LogP contribution < -0.4 is 16.8 Å². The van der Waals surface area contributed by atoms with Crippen LogP contribution in [0.15, 0.2) is 36.4 Å². The van der Waals surface area contributed by atoms with Gasteiger partial charge in [-0.3, -0.25) is 4.79 Å². The second-order valence-corrected chi connectivity index (χ2v) is 10.2. The van der Waals surface area contributed by atoms with Gasteiger partial charge < -0.3 is 21.9 Å². The molecule has 0 spiro atoms. The van der Waals surface area contributed by atoms with Crippen LogP contribution in [0, 0.1) is 0 Å². The van der Waals surface area contributed by atoms with Crippen LogP contribution >= 0.6 is 0 Å². The van der Waals surface area contributed by atoms with Gasteiger partial charge in [0.05, 0.1) is 6.04 Å². The van der Waals surface area contributed by atoms with Crippen LogP contribution in [0.1, 0.15) is 106 Å². The zero-order valence-corrected chi connectivity index (χ0v) is 23.9. The molecule has 2 aromatic carbocycles. The second-order valence-electron chi connectivity index (χ2n) is 10.2. The van der Waals surface area contributed by atoms with Gasteiger partial charge in [0.15, 0.2) is 5.78 Å². The molecule has 0 amide bonds. The third kappa shape index (κ3) is 14.2. The quantitative estimate of drug-likeness (QED) is 0.106. The topological polar surface area (TPSA) is 118 Å².